The molecule has 3 rings (SSSR count). The number of amides is 2. The monoisotopic (exact) mass is 453 g/mol. The standard InChI is InChI=1S/C14H13AsBrN5OS/c1-2-17-13(22)21-14-20-10-4-8(16)3-9(11(10)23-14)7-5-18-12(15)19-6-7/h3-6H,2,15H2,1H3,(H2,17,20,21,22). The average Bonchev–Trinajstić information content (AvgIpc) is 2.89. The van der Waals surface area contributed by atoms with Gasteiger partial charge in [0, 0.05) is 0 Å². The number of aromatic nitrogens is 3. The molecule has 0 aliphatic rings. The van der Waals surface area contributed by atoms with Gasteiger partial charge in [-0.05, 0) is 6.92 Å². The first-order chi connectivity index (χ1) is 11.1. The number of halogens is 1. The Balaban J connectivity index is 2.05. The first-order valence-corrected chi connectivity index (χ1v) is 9.61. The van der Waals surface area contributed by atoms with Gasteiger partial charge in [0.2, 0.25) is 0 Å². The molecule has 0 aliphatic carbocycles. The molecule has 23 heavy (non-hydrogen) atoms. The maximum absolute atomic E-state index is 11.7. The van der Waals surface area contributed by atoms with Crippen LogP contribution in [0.5, 0.6) is 0 Å². The number of rotatable bonds is 3. The Morgan fingerprint density at radius 1 is 1.35 bits per heavy atom. The number of carbonyl (C=O) groups excluding carboxylic acids is 1. The summed E-state index contributed by atoms with van der Waals surface area (Å²) in [5.41, 5.74) is 2.73. The van der Waals surface area contributed by atoms with Gasteiger partial charge >= 0.3 is 147 Å². The summed E-state index contributed by atoms with van der Waals surface area (Å²) >= 11 is 6.32. The van der Waals surface area contributed by atoms with E-state index in [0.717, 1.165) is 30.4 Å². The zero-order valence-electron chi connectivity index (χ0n) is 12.1. The van der Waals surface area contributed by atoms with Crippen molar-refractivity contribution >= 4 is 70.1 Å². The Kier molecular flexibility index (Phi) is 4.94. The molecular weight excluding hydrogens is 441 g/mol. The third kappa shape index (κ3) is 3.71. The third-order valence-corrected chi connectivity index (χ3v) is 5.10. The number of anilines is 1. The van der Waals surface area contributed by atoms with Gasteiger partial charge in [0.25, 0.3) is 0 Å². The van der Waals surface area contributed by atoms with E-state index in [4.69, 9.17) is 0 Å². The third-order valence-electron chi connectivity index (χ3n) is 3.00. The molecule has 3 aromatic rings. The van der Waals surface area contributed by atoms with E-state index in [0.29, 0.717) is 11.7 Å². The van der Waals surface area contributed by atoms with Crippen LogP contribution >= 0.6 is 27.3 Å². The van der Waals surface area contributed by atoms with Crippen molar-refractivity contribution in [3.63, 3.8) is 0 Å². The number of fused-ring (bicyclic) bond motifs is 1. The van der Waals surface area contributed by atoms with E-state index in [-0.39, 0.29) is 6.03 Å². The van der Waals surface area contributed by atoms with Crippen LogP contribution in [0, 0.1) is 0 Å². The summed E-state index contributed by atoms with van der Waals surface area (Å²) in [7, 11) is 0. The second-order valence-corrected chi connectivity index (χ2v) is 7.63. The molecule has 6 nitrogen and oxygen atoms in total. The van der Waals surface area contributed by atoms with E-state index >= 15 is 0 Å². The molecule has 1 atom stereocenters. The number of hydrogen-bond donors (Lipinski definition) is 2. The van der Waals surface area contributed by atoms with Crippen LogP contribution in [0.25, 0.3) is 21.3 Å². The van der Waals surface area contributed by atoms with Crippen molar-refractivity contribution in [2.45, 2.75) is 6.92 Å². The number of hydrogen-bond acceptors (Lipinski definition) is 5. The molecule has 2 amide bonds. The van der Waals surface area contributed by atoms with Gasteiger partial charge in [0.05, 0.1) is 0 Å². The summed E-state index contributed by atoms with van der Waals surface area (Å²) in [4.78, 5) is 24.7. The van der Waals surface area contributed by atoms with Crippen molar-refractivity contribution in [1.82, 2.24) is 20.3 Å². The number of thiazole rings is 1. The number of carbonyl (C=O) groups is 1. The summed E-state index contributed by atoms with van der Waals surface area (Å²) < 4.78 is 2.69. The second kappa shape index (κ2) is 6.94. The molecule has 2 heterocycles. The predicted octanol–water partition coefficient (Wildman–Crippen LogP) is 1.92. The summed E-state index contributed by atoms with van der Waals surface area (Å²) in [6.07, 6.45) is 3.61. The molecule has 0 saturated heterocycles. The SMILES string of the molecule is CCNC(=O)Nc1nc2cc(Br)cc(-c3cnc([AsH2])nc3)c2s1. The van der Waals surface area contributed by atoms with E-state index in [1.54, 1.807) is 0 Å². The molecule has 0 radical (unpaired) electrons. The molecular formula is C14H13AsBrN5OS. The van der Waals surface area contributed by atoms with Gasteiger partial charge in [-0.1, -0.05) is 0 Å². The van der Waals surface area contributed by atoms with Crippen LogP contribution in [-0.4, -0.2) is 44.4 Å². The van der Waals surface area contributed by atoms with E-state index in [1.165, 1.54) is 28.2 Å². The number of nitrogens with zero attached hydrogens (tertiary/aromatic N) is 3. The fourth-order valence-corrected chi connectivity index (χ4v) is 3.78. The van der Waals surface area contributed by atoms with E-state index in [1.807, 2.05) is 31.5 Å². The van der Waals surface area contributed by atoms with E-state index in [2.05, 4.69) is 41.5 Å². The van der Waals surface area contributed by atoms with E-state index < -0.39 is 0 Å². The molecule has 0 bridgehead atoms. The van der Waals surface area contributed by atoms with Crippen LogP contribution in [0.4, 0.5) is 9.93 Å². The Hall–Kier alpha value is -1.50. The number of benzene rings is 1. The van der Waals surface area contributed by atoms with Gasteiger partial charge < -0.3 is 0 Å². The number of nitrogens with one attached hydrogen (secondary N) is 2. The molecule has 1 unspecified atom stereocenters. The van der Waals surface area contributed by atoms with Crippen LogP contribution in [0.1, 0.15) is 6.92 Å². The van der Waals surface area contributed by atoms with Gasteiger partial charge in [0.1, 0.15) is 0 Å². The van der Waals surface area contributed by atoms with Gasteiger partial charge in [-0.25, -0.2) is 0 Å². The number of urea groups is 1. The zero-order valence-corrected chi connectivity index (χ0v) is 17.0. The van der Waals surface area contributed by atoms with Crippen LogP contribution in [-0.2, 0) is 0 Å². The summed E-state index contributed by atoms with van der Waals surface area (Å²) in [5, 5.41) is 6.00. The van der Waals surface area contributed by atoms with Crippen molar-refractivity contribution in [1.29, 1.82) is 0 Å². The van der Waals surface area contributed by atoms with Crippen LogP contribution < -0.4 is 15.2 Å². The maximum atomic E-state index is 11.7. The van der Waals surface area contributed by atoms with Gasteiger partial charge in [-0.2, -0.15) is 0 Å². The molecule has 0 spiro atoms. The van der Waals surface area contributed by atoms with Crippen LogP contribution in [0.15, 0.2) is 29.0 Å². The average molecular weight is 454 g/mol. The summed E-state index contributed by atoms with van der Waals surface area (Å²) in [6, 6.07) is 3.68. The molecule has 0 saturated carbocycles. The minimum absolute atomic E-state index is 0.256. The topological polar surface area (TPSA) is 79.8 Å². The summed E-state index contributed by atoms with van der Waals surface area (Å²) in [6.45, 7) is 2.43. The molecule has 118 valence electrons. The fraction of sp³-hybridized carbons (Fsp3) is 0.143. The van der Waals surface area contributed by atoms with Gasteiger partial charge in [-0.15, -0.1) is 0 Å². The van der Waals surface area contributed by atoms with E-state index in [9.17, 15) is 4.79 Å². The van der Waals surface area contributed by atoms with Crippen LogP contribution in [0.2, 0.25) is 0 Å². The second-order valence-electron chi connectivity index (χ2n) is 4.64. The normalized spacial score (nSPS) is 10.7. The van der Waals surface area contributed by atoms with Gasteiger partial charge in [0.15, 0.2) is 0 Å². The molecule has 2 N–H and O–H groups in total. The molecule has 1 aromatic carbocycles. The molecule has 0 fully saturated rings. The molecule has 9 heteroatoms. The fourth-order valence-electron chi connectivity index (χ4n) is 2.05. The molecule has 0 aliphatic heterocycles. The van der Waals surface area contributed by atoms with Crippen molar-refractivity contribution in [3.05, 3.63) is 29.0 Å². The Labute approximate surface area is 153 Å². The van der Waals surface area contributed by atoms with Gasteiger partial charge in [-0.3, -0.25) is 0 Å². The first kappa shape index (κ1) is 16.4. The quantitative estimate of drug-likeness (QED) is 0.593. The first-order valence-electron chi connectivity index (χ1n) is 6.79. The zero-order chi connectivity index (χ0) is 16.4. The van der Waals surface area contributed by atoms with Crippen molar-refractivity contribution in [3.8, 4) is 11.1 Å². The van der Waals surface area contributed by atoms with Crippen molar-refractivity contribution in [2.24, 2.45) is 0 Å². The minimum atomic E-state index is -0.256. The molecule has 2 aromatic heterocycles. The Morgan fingerprint density at radius 2 is 2.09 bits per heavy atom. The summed E-state index contributed by atoms with van der Waals surface area (Å²) in [5.74, 6) is 0. The Morgan fingerprint density at radius 3 is 2.78 bits per heavy atom. The van der Waals surface area contributed by atoms with Crippen molar-refractivity contribution < 1.29 is 4.79 Å². The predicted molar refractivity (Wildman–Crippen MR) is 99.2 cm³/mol. The van der Waals surface area contributed by atoms with Crippen molar-refractivity contribution in [2.75, 3.05) is 11.9 Å². The van der Waals surface area contributed by atoms with Crippen LogP contribution in [0.3, 0.4) is 0 Å². The Bertz CT molecular complexity index is 867.